The average Bonchev–Trinajstić information content (AvgIpc) is 2.24. The van der Waals surface area contributed by atoms with E-state index in [9.17, 15) is 9.59 Å². The van der Waals surface area contributed by atoms with Gasteiger partial charge in [-0.25, -0.2) is 0 Å². The van der Waals surface area contributed by atoms with Crippen LogP contribution in [0.15, 0.2) is 24.3 Å². The number of nitrogens with one attached hydrogen (secondary N) is 1. The van der Waals surface area contributed by atoms with E-state index in [1.54, 1.807) is 12.1 Å². The van der Waals surface area contributed by atoms with E-state index in [2.05, 4.69) is 27.9 Å². The first-order valence-electron chi connectivity index (χ1n) is 4.85. The molecule has 0 heterocycles. The van der Waals surface area contributed by atoms with Crippen LogP contribution in [0.3, 0.4) is 0 Å². The third kappa shape index (κ3) is 4.61. The number of carboxylic acids is 1. The fourth-order valence-corrected chi connectivity index (χ4v) is 1.72. The van der Waals surface area contributed by atoms with Crippen LogP contribution in [0.1, 0.15) is 23.2 Å². The summed E-state index contributed by atoms with van der Waals surface area (Å²) >= 11 is 2.13. The molecule has 0 aliphatic carbocycles. The predicted octanol–water partition coefficient (Wildman–Crippen LogP) is 1.89. The van der Waals surface area contributed by atoms with E-state index in [4.69, 9.17) is 5.11 Å². The van der Waals surface area contributed by atoms with Crippen molar-refractivity contribution in [3.8, 4) is 0 Å². The first-order chi connectivity index (χ1) is 7.59. The quantitative estimate of drug-likeness (QED) is 0.639. The first-order valence-corrected chi connectivity index (χ1v) is 5.93. The maximum Gasteiger partial charge on any atom is 0.303 e. The van der Waals surface area contributed by atoms with Crippen molar-refractivity contribution in [2.24, 2.45) is 0 Å². The Morgan fingerprint density at radius 2 is 2.12 bits per heavy atom. The van der Waals surface area contributed by atoms with Crippen molar-refractivity contribution in [3.05, 3.63) is 33.4 Å². The molecule has 0 aliphatic rings. The van der Waals surface area contributed by atoms with Gasteiger partial charge in [0.15, 0.2) is 0 Å². The molecule has 0 fully saturated rings. The molecule has 1 rings (SSSR count). The van der Waals surface area contributed by atoms with Gasteiger partial charge in [-0.1, -0.05) is 6.07 Å². The van der Waals surface area contributed by atoms with Crippen LogP contribution in [-0.4, -0.2) is 23.5 Å². The van der Waals surface area contributed by atoms with Gasteiger partial charge in [0.2, 0.25) is 0 Å². The minimum atomic E-state index is -0.844. The highest BCUT2D eigenvalue weighted by atomic mass is 127. The summed E-state index contributed by atoms with van der Waals surface area (Å²) in [6.07, 6.45) is 0.525. The molecule has 0 bridgehead atoms. The normalized spacial score (nSPS) is 9.81. The number of amides is 1. The third-order valence-corrected chi connectivity index (χ3v) is 2.61. The molecule has 0 unspecified atom stereocenters. The van der Waals surface area contributed by atoms with Crippen LogP contribution in [0, 0.1) is 3.57 Å². The third-order valence-electron chi connectivity index (χ3n) is 1.94. The van der Waals surface area contributed by atoms with Gasteiger partial charge in [0, 0.05) is 22.1 Å². The van der Waals surface area contributed by atoms with Crippen molar-refractivity contribution in [1.29, 1.82) is 0 Å². The lowest BCUT2D eigenvalue weighted by molar-refractivity contribution is -0.137. The Morgan fingerprint density at radius 3 is 2.75 bits per heavy atom. The van der Waals surface area contributed by atoms with Crippen LogP contribution < -0.4 is 5.32 Å². The standard InChI is InChI=1S/C11H12INO3/c12-9-4-1-3-8(7-9)11(16)13-6-2-5-10(14)15/h1,3-4,7H,2,5-6H2,(H,13,16)(H,14,15). The van der Waals surface area contributed by atoms with Crippen LogP contribution in [0.2, 0.25) is 0 Å². The van der Waals surface area contributed by atoms with Gasteiger partial charge in [-0.3, -0.25) is 9.59 Å². The molecule has 0 aromatic heterocycles. The van der Waals surface area contributed by atoms with Crippen molar-refractivity contribution >= 4 is 34.5 Å². The Hall–Kier alpha value is -1.11. The Kier molecular flexibility index (Phi) is 5.24. The van der Waals surface area contributed by atoms with E-state index in [-0.39, 0.29) is 12.3 Å². The average molecular weight is 333 g/mol. The van der Waals surface area contributed by atoms with E-state index < -0.39 is 5.97 Å². The Bertz CT molecular complexity index is 393. The van der Waals surface area contributed by atoms with Gasteiger partial charge >= 0.3 is 5.97 Å². The molecule has 1 aromatic carbocycles. The first kappa shape index (κ1) is 13.0. The summed E-state index contributed by atoms with van der Waals surface area (Å²) < 4.78 is 0.996. The van der Waals surface area contributed by atoms with Crippen molar-refractivity contribution in [3.63, 3.8) is 0 Å². The molecule has 0 spiro atoms. The van der Waals surface area contributed by atoms with Crippen LogP contribution in [0.25, 0.3) is 0 Å². The zero-order chi connectivity index (χ0) is 12.0. The summed E-state index contributed by atoms with van der Waals surface area (Å²) in [6, 6.07) is 7.23. The van der Waals surface area contributed by atoms with E-state index in [1.807, 2.05) is 12.1 Å². The van der Waals surface area contributed by atoms with Crippen molar-refractivity contribution in [1.82, 2.24) is 5.32 Å². The lowest BCUT2D eigenvalue weighted by atomic mass is 10.2. The van der Waals surface area contributed by atoms with Crippen molar-refractivity contribution < 1.29 is 14.7 Å². The maximum atomic E-state index is 11.6. The van der Waals surface area contributed by atoms with Gasteiger partial charge in [-0.15, -0.1) is 0 Å². The van der Waals surface area contributed by atoms with E-state index >= 15 is 0 Å². The zero-order valence-electron chi connectivity index (χ0n) is 8.57. The highest BCUT2D eigenvalue weighted by Crippen LogP contribution is 2.07. The number of carboxylic acid groups (broad SMARTS) is 1. The SMILES string of the molecule is O=C(O)CCCNC(=O)c1cccc(I)c1. The minimum Gasteiger partial charge on any atom is -0.481 e. The van der Waals surface area contributed by atoms with Gasteiger partial charge in [0.1, 0.15) is 0 Å². The molecule has 0 aliphatic heterocycles. The molecule has 4 nitrogen and oxygen atoms in total. The lowest BCUT2D eigenvalue weighted by Crippen LogP contribution is -2.24. The molecule has 86 valence electrons. The molecular formula is C11H12INO3. The van der Waals surface area contributed by atoms with Gasteiger partial charge < -0.3 is 10.4 Å². The number of carbonyl (C=O) groups is 2. The zero-order valence-corrected chi connectivity index (χ0v) is 10.7. The number of benzene rings is 1. The molecule has 1 amide bonds. The summed E-state index contributed by atoms with van der Waals surface area (Å²) in [7, 11) is 0. The molecule has 2 N–H and O–H groups in total. The molecule has 5 heteroatoms. The Morgan fingerprint density at radius 1 is 1.38 bits per heavy atom. The van der Waals surface area contributed by atoms with Crippen LogP contribution >= 0.6 is 22.6 Å². The number of hydrogen-bond acceptors (Lipinski definition) is 2. The van der Waals surface area contributed by atoms with Crippen molar-refractivity contribution in [2.75, 3.05) is 6.54 Å². The maximum absolute atomic E-state index is 11.6. The molecule has 0 atom stereocenters. The number of aliphatic carboxylic acids is 1. The molecule has 16 heavy (non-hydrogen) atoms. The van der Waals surface area contributed by atoms with Gasteiger partial charge in [0.05, 0.1) is 0 Å². The number of rotatable bonds is 5. The summed E-state index contributed by atoms with van der Waals surface area (Å²) in [5.41, 5.74) is 0.599. The highest BCUT2D eigenvalue weighted by Gasteiger charge is 2.05. The summed E-state index contributed by atoms with van der Waals surface area (Å²) in [5, 5.41) is 11.1. The van der Waals surface area contributed by atoms with E-state index in [1.165, 1.54) is 0 Å². The minimum absolute atomic E-state index is 0.0760. The van der Waals surface area contributed by atoms with Crippen LogP contribution in [0.4, 0.5) is 0 Å². The lowest BCUT2D eigenvalue weighted by Gasteiger charge is -2.04. The van der Waals surface area contributed by atoms with Crippen LogP contribution in [0.5, 0.6) is 0 Å². The number of hydrogen-bond donors (Lipinski definition) is 2. The van der Waals surface area contributed by atoms with Gasteiger partial charge in [0.25, 0.3) is 5.91 Å². The van der Waals surface area contributed by atoms with Crippen LogP contribution in [-0.2, 0) is 4.79 Å². The van der Waals surface area contributed by atoms with E-state index in [0.717, 1.165) is 3.57 Å². The van der Waals surface area contributed by atoms with E-state index in [0.29, 0.717) is 18.5 Å². The fraction of sp³-hybridized carbons (Fsp3) is 0.273. The Balaban J connectivity index is 2.38. The fourth-order valence-electron chi connectivity index (χ4n) is 1.17. The summed E-state index contributed by atoms with van der Waals surface area (Å²) in [6.45, 7) is 0.386. The largest absolute Gasteiger partial charge is 0.481 e. The molecule has 0 saturated carbocycles. The summed E-state index contributed by atoms with van der Waals surface area (Å²) in [4.78, 5) is 21.8. The second kappa shape index (κ2) is 6.47. The molecule has 0 saturated heterocycles. The molecular weight excluding hydrogens is 321 g/mol. The second-order valence-corrected chi connectivity index (χ2v) is 4.51. The summed E-state index contributed by atoms with van der Waals surface area (Å²) in [5.74, 6) is -1.01. The monoisotopic (exact) mass is 333 g/mol. The van der Waals surface area contributed by atoms with Gasteiger partial charge in [-0.05, 0) is 47.2 Å². The second-order valence-electron chi connectivity index (χ2n) is 3.26. The Labute approximate surface area is 107 Å². The number of halogens is 1. The van der Waals surface area contributed by atoms with Crippen molar-refractivity contribution in [2.45, 2.75) is 12.8 Å². The smallest absolute Gasteiger partial charge is 0.303 e. The molecule has 0 radical (unpaired) electrons. The topological polar surface area (TPSA) is 66.4 Å². The van der Waals surface area contributed by atoms with Gasteiger partial charge in [-0.2, -0.15) is 0 Å². The number of carbonyl (C=O) groups excluding carboxylic acids is 1. The molecule has 1 aromatic rings. The highest BCUT2D eigenvalue weighted by molar-refractivity contribution is 14.1. The predicted molar refractivity (Wildman–Crippen MR) is 68.4 cm³/mol.